The van der Waals surface area contributed by atoms with Crippen molar-refractivity contribution in [1.82, 2.24) is 4.90 Å². The molecule has 4 nitrogen and oxygen atoms in total. The number of carbonyl (C=O) groups excluding carboxylic acids is 1. The first-order valence-corrected chi connectivity index (χ1v) is 7.94. The summed E-state index contributed by atoms with van der Waals surface area (Å²) in [6.07, 6.45) is 0. The molecule has 0 radical (unpaired) electrons. The summed E-state index contributed by atoms with van der Waals surface area (Å²) >= 11 is 0. The van der Waals surface area contributed by atoms with Gasteiger partial charge in [0, 0.05) is 18.7 Å². The normalized spacial score (nSPS) is 10.2. The molecule has 0 aliphatic carbocycles. The molecule has 0 aliphatic rings. The number of rotatable bonds is 8. The van der Waals surface area contributed by atoms with Crippen LogP contribution in [0.25, 0.3) is 0 Å². The minimum absolute atomic E-state index is 0.0287. The minimum atomic E-state index is 0.0287. The first-order chi connectivity index (χ1) is 11.2. The number of nitrogens with zero attached hydrogens (tertiary/aromatic N) is 1. The van der Waals surface area contributed by atoms with E-state index in [4.69, 9.17) is 9.47 Å². The van der Waals surface area contributed by atoms with Gasteiger partial charge in [-0.2, -0.15) is 0 Å². The lowest BCUT2D eigenvalue weighted by molar-refractivity contribution is 0.0772. The van der Waals surface area contributed by atoms with Crippen LogP contribution in [0.4, 0.5) is 0 Å². The molecule has 0 N–H and O–H groups in total. The Kier molecular flexibility index (Phi) is 6.48. The molecular weight excluding hydrogens is 290 g/mol. The van der Waals surface area contributed by atoms with Crippen molar-refractivity contribution in [3.05, 3.63) is 60.2 Å². The van der Waals surface area contributed by atoms with Gasteiger partial charge in [0.15, 0.2) is 0 Å². The van der Waals surface area contributed by atoms with Gasteiger partial charge in [0.1, 0.15) is 24.7 Å². The highest BCUT2D eigenvalue weighted by Crippen LogP contribution is 2.15. The van der Waals surface area contributed by atoms with Gasteiger partial charge in [0.25, 0.3) is 5.91 Å². The van der Waals surface area contributed by atoms with Crippen LogP contribution in [0, 0.1) is 0 Å². The first-order valence-electron chi connectivity index (χ1n) is 7.94. The van der Waals surface area contributed by atoms with Crippen LogP contribution >= 0.6 is 0 Å². The molecule has 0 aromatic heterocycles. The van der Waals surface area contributed by atoms with Crippen LogP contribution in [0.5, 0.6) is 11.5 Å². The summed E-state index contributed by atoms with van der Waals surface area (Å²) in [7, 11) is 0. The van der Waals surface area contributed by atoms with Gasteiger partial charge in [-0.15, -0.1) is 0 Å². The Morgan fingerprint density at radius 2 is 1.48 bits per heavy atom. The van der Waals surface area contributed by atoms with Gasteiger partial charge in [-0.25, -0.2) is 0 Å². The Balaban J connectivity index is 1.86. The fourth-order valence-electron chi connectivity index (χ4n) is 2.25. The van der Waals surface area contributed by atoms with Crippen LogP contribution in [-0.2, 0) is 0 Å². The van der Waals surface area contributed by atoms with E-state index >= 15 is 0 Å². The first kappa shape index (κ1) is 16.9. The summed E-state index contributed by atoms with van der Waals surface area (Å²) in [5.74, 6) is 1.53. The molecule has 2 aromatic rings. The molecule has 0 saturated carbocycles. The summed E-state index contributed by atoms with van der Waals surface area (Å²) in [4.78, 5) is 14.1. The Morgan fingerprint density at radius 1 is 0.870 bits per heavy atom. The second kappa shape index (κ2) is 8.83. The molecule has 23 heavy (non-hydrogen) atoms. The summed E-state index contributed by atoms with van der Waals surface area (Å²) in [6, 6.07) is 16.9. The highest BCUT2D eigenvalue weighted by atomic mass is 16.5. The zero-order chi connectivity index (χ0) is 16.5. The summed E-state index contributed by atoms with van der Waals surface area (Å²) in [5, 5.41) is 0. The van der Waals surface area contributed by atoms with E-state index in [1.807, 2.05) is 62.4 Å². The largest absolute Gasteiger partial charge is 0.490 e. The third kappa shape index (κ3) is 5.02. The van der Waals surface area contributed by atoms with Gasteiger partial charge in [-0.3, -0.25) is 4.79 Å². The van der Waals surface area contributed by atoms with Crippen molar-refractivity contribution in [3.8, 4) is 11.5 Å². The lowest BCUT2D eigenvalue weighted by Gasteiger charge is -2.19. The van der Waals surface area contributed by atoms with Crippen LogP contribution in [0.3, 0.4) is 0 Å². The molecule has 2 aromatic carbocycles. The smallest absolute Gasteiger partial charge is 0.253 e. The second-order valence-corrected chi connectivity index (χ2v) is 5.02. The van der Waals surface area contributed by atoms with Crippen molar-refractivity contribution in [2.24, 2.45) is 0 Å². The van der Waals surface area contributed by atoms with Crippen molar-refractivity contribution < 1.29 is 14.3 Å². The highest BCUT2D eigenvalue weighted by Gasteiger charge is 2.12. The monoisotopic (exact) mass is 313 g/mol. The van der Waals surface area contributed by atoms with Crippen molar-refractivity contribution >= 4 is 5.91 Å². The molecule has 0 atom stereocenters. The number of benzene rings is 2. The summed E-state index contributed by atoms with van der Waals surface area (Å²) in [6.45, 7) is 6.23. The number of amides is 1. The Hall–Kier alpha value is -2.49. The van der Waals surface area contributed by atoms with Crippen molar-refractivity contribution in [3.63, 3.8) is 0 Å². The second-order valence-electron chi connectivity index (χ2n) is 5.02. The van der Waals surface area contributed by atoms with E-state index in [2.05, 4.69) is 0 Å². The Bertz CT molecular complexity index is 609. The number of ether oxygens (including phenoxy) is 2. The zero-order valence-corrected chi connectivity index (χ0v) is 13.7. The van der Waals surface area contributed by atoms with Crippen LogP contribution in [0.15, 0.2) is 54.6 Å². The third-order valence-electron chi connectivity index (χ3n) is 3.50. The van der Waals surface area contributed by atoms with Gasteiger partial charge < -0.3 is 14.4 Å². The topological polar surface area (TPSA) is 38.8 Å². The lowest BCUT2D eigenvalue weighted by atomic mass is 10.2. The van der Waals surface area contributed by atoms with Crippen LogP contribution in [0.2, 0.25) is 0 Å². The van der Waals surface area contributed by atoms with Crippen molar-refractivity contribution in [2.45, 2.75) is 13.8 Å². The minimum Gasteiger partial charge on any atom is -0.490 e. The molecule has 1 amide bonds. The molecule has 122 valence electrons. The van der Waals surface area contributed by atoms with E-state index in [0.29, 0.717) is 37.6 Å². The van der Waals surface area contributed by atoms with E-state index < -0.39 is 0 Å². The van der Waals surface area contributed by atoms with E-state index in [1.54, 1.807) is 11.0 Å². The van der Waals surface area contributed by atoms with Gasteiger partial charge in [0.05, 0.1) is 0 Å². The predicted molar refractivity (Wildman–Crippen MR) is 91.1 cm³/mol. The van der Waals surface area contributed by atoms with E-state index in [0.717, 1.165) is 5.75 Å². The van der Waals surface area contributed by atoms with Crippen LogP contribution < -0.4 is 9.47 Å². The van der Waals surface area contributed by atoms with Gasteiger partial charge in [0.2, 0.25) is 0 Å². The molecule has 4 heteroatoms. The van der Waals surface area contributed by atoms with E-state index in [1.165, 1.54) is 0 Å². The predicted octanol–water partition coefficient (Wildman–Crippen LogP) is 3.63. The maximum absolute atomic E-state index is 12.3. The molecule has 0 aliphatic heterocycles. The molecule has 0 spiro atoms. The molecule has 0 saturated heterocycles. The van der Waals surface area contributed by atoms with Crippen molar-refractivity contribution in [1.29, 1.82) is 0 Å². The van der Waals surface area contributed by atoms with Crippen molar-refractivity contribution in [2.75, 3.05) is 26.3 Å². The molecule has 2 rings (SSSR count). The molecule has 0 bridgehead atoms. The van der Waals surface area contributed by atoms with Crippen LogP contribution in [-0.4, -0.2) is 37.1 Å². The van der Waals surface area contributed by atoms with Crippen LogP contribution in [0.1, 0.15) is 24.2 Å². The van der Waals surface area contributed by atoms with Gasteiger partial charge >= 0.3 is 0 Å². The fraction of sp³-hybridized carbons (Fsp3) is 0.316. The Labute approximate surface area is 137 Å². The zero-order valence-electron chi connectivity index (χ0n) is 13.7. The molecule has 0 fully saturated rings. The quantitative estimate of drug-likeness (QED) is 0.699. The van der Waals surface area contributed by atoms with E-state index in [9.17, 15) is 4.79 Å². The maximum Gasteiger partial charge on any atom is 0.253 e. The van der Waals surface area contributed by atoms with Gasteiger partial charge in [-0.1, -0.05) is 24.3 Å². The average molecular weight is 313 g/mol. The third-order valence-corrected chi connectivity index (χ3v) is 3.50. The standard InChI is InChI=1S/C19H23NO3/c1-3-20(4-2)19(21)16-9-8-12-18(15-16)23-14-13-22-17-10-6-5-7-11-17/h5-12,15H,3-4,13-14H2,1-2H3. The maximum atomic E-state index is 12.3. The molecular formula is C19H23NO3. The number of carbonyl (C=O) groups is 1. The lowest BCUT2D eigenvalue weighted by Crippen LogP contribution is -2.30. The number of para-hydroxylation sites is 1. The van der Waals surface area contributed by atoms with E-state index in [-0.39, 0.29) is 5.91 Å². The number of hydrogen-bond donors (Lipinski definition) is 0. The number of hydrogen-bond acceptors (Lipinski definition) is 3. The molecule has 0 heterocycles. The Morgan fingerprint density at radius 3 is 2.13 bits per heavy atom. The SMILES string of the molecule is CCN(CC)C(=O)c1cccc(OCCOc2ccccc2)c1. The summed E-state index contributed by atoms with van der Waals surface area (Å²) < 4.78 is 11.2. The summed E-state index contributed by atoms with van der Waals surface area (Å²) in [5.41, 5.74) is 0.648. The fourth-order valence-corrected chi connectivity index (χ4v) is 2.25. The molecule has 0 unspecified atom stereocenters. The average Bonchev–Trinajstić information content (AvgIpc) is 2.61. The highest BCUT2D eigenvalue weighted by molar-refractivity contribution is 5.94. The van der Waals surface area contributed by atoms with Gasteiger partial charge in [-0.05, 0) is 44.2 Å².